The lowest BCUT2D eigenvalue weighted by Gasteiger charge is -2.05. The first-order chi connectivity index (χ1) is 7.24. The molecule has 0 unspecified atom stereocenters. The number of esters is 1. The largest absolute Gasteiger partial charge is 0.465 e. The van der Waals surface area contributed by atoms with Crippen molar-refractivity contribution >= 4 is 17.6 Å². The number of ether oxygens (including phenoxy) is 1. The Hall–Kier alpha value is -1.02. The SMILES string of the molecule is CCCCOC(=O)Cc1ccccc1Cl. The fraction of sp³-hybridized carbons (Fsp3) is 0.417. The van der Waals surface area contributed by atoms with E-state index in [1.165, 1.54) is 0 Å². The molecule has 1 aromatic carbocycles. The number of carbonyl (C=O) groups is 1. The molecule has 15 heavy (non-hydrogen) atoms. The maximum Gasteiger partial charge on any atom is 0.310 e. The van der Waals surface area contributed by atoms with Gasteiger partial charge in [0.05, 0.1) is 13.0 Å². The highest BCUT2D eigenvalue weighted by Crippen LogP contribution is 2.15. The lowest BCUT2D eigenvalue weighted by atomic mass is 10.1. The van der Waals surface area contributed by atoms with Crippen molar-refractivity contribution in [2.75, 3.05) is 6.61 Å². The Morgan fingerprint density at radius 1 is 1.40 bits per heavy atom. The summed E-state index contributed by atoms with van der Waals surface area (Å²) in [6.45, 7) is 2.56. The van der Waals surface area contributed by atoms with Gasteiger partial charge in [-0.25, -0.2) is 0 Å². The number of hydrogen-bond donors (Lipinski definition) is 0. The maximum atomic E-state index is 11.4. The van der Waals surface area contributed by atoms with Gasteiger partial charge in [0.2, 0.25) is 0 Å². The van der Waals surface area contributed by atoms with Crippen molar-refractivity contribution in [2.24, 2.45) is 0 Å². The number of benzene rings is 1. The van der Waals surface area contributed by atoms with E-state index in [2.05, 4.69) is 6.92 Å². The van der Waals surface area contributed by atoms with Gasteiger partial charge in [-0.1, -0.05) is 43.1 Å². The van der Waals surface area contributed by atoms with Crippen molar-refractivity contribution in [1.29, 1.82) is 0 Å². The Kier molecular flexibility index (Phi) is 5.19. The molecular weight excluding hydrogens is 212 g/mol. The summed E-state index contributed by atoms with van der Waals surface area (Å²) in [6.07, 6.45) is 2.19. The summed E-state index contributed by atoms with van der Waals surface area (Å²) in [5, 5.41) is 0.616. The summed E-state index contributed by atoms with van der Waals surface area (Å²) in [4.78, 5) is 11.4. The van der Waals surface area contributed by atoms with Crippen molar-refractivity contribution in [3.8, 4) is 0 Å². The molecule has 0 saturated carbocycles. The zero-order valence-corrected chi connectivity index (χ0v) is 9.59. The van der Waals surface area contributed by atoms with Crippen LogP contribution < -0.4 is 0 Å². The molecule has 1 aromatic rings. The standard InChI is InChI=1S/C12H15ClO2/c1-2-3-8-15-12(14)9-10-6-4-5-7-11(10)13/h4-7H,2-3,8-9H2,1H3. The Morgan fingerprint density at radius 3 is 2.80 bits per heavy atom. The van der Waals surface area contributed by atoms with Gasteiger partial charge >= 0.3 is 5.97 Å². The summed E-state index contributed by atoms with van der Waals surface area (Å²) in [5.74, 6) is -0.212. The molecule has 82 valence electrons. The maximum absolute atomic E-state index is 11.4. The molecule has 0 heterocycles. The molecule has 0 fully saturated rings. The summed E-state index contributed by atoms with van der Waals surface area (Å²) in [6, 6.07) is 7.31. The molecule has 0 aliphatic rings. The monoisotopic (exact) mass is 226 g/mol. The van der Waals surface area contributed by atoms with E-state index in [0.717, 1.165) is 18.4 Å². The first kappa shape index (κ1) is 12.1. The molecule has 0 spiro atoms. The molecule has 2 nitrogen and oxygen atoms in total. The average Bonchev–Trinajstić information content (AvgIpc) is 2.22. The second-order valence-corrected chi connectivity index (χ2v) is 3.75. The number of rotatable bonds is 5. The minimum Gasteiger partial charge on any atom is -0.465 e. The Balaban J connectivity index is 2.41. The molecule has 0 aliphatic carbocycles. The fourth-order valence-electron chi connectivity index (χ4n) is 1.18. The third kappa shape index (κ3) is 4.34. The van der Waals surface area contributed by atoms with E-state index in [4.69, 9.17) is 16.3 Å². The predicted molar refractivity (Wildman–Crippen MR) is 61.0 cm³/mol. The number of halogens is 1. The van der Waals surface area contributed by atoms with Gasteiger partial charge in [0.15, 0.2) is 0 Å². The van der Waals surface area contributed by atoms with Gasteiger partial charge in [0.25, 0.3) is 0 Å². The topological polar surface area (TPSA) is 26.3 Å². The van der Waals surface area contributed by atoms with Crippen LogP contribution in [0.5, 0.6) is 0 Å². The van der Waals surface area contributed by atoms with E-state index in [0.29, 0.717) is 11.6 Å². The average molecular weight is 227 g/mol. The summed E-state index contributed by atoms with van der Waals surface area (Å²) < 4.78 is 5.04. The number of unbranched alkanes of at least 4 members (excludes halogenated alkanes) is 1. The van der Waals surface area contributed by atoms with Crippen LogP contribution >= 0.6 is 11.6 Å². The molecule has 1 rings (SSSR count). The van der Waals surface area contributed by atoms with Gasteiger partial charge < -0.3 is 4.74 Å². The molecule has 0 bridgehead atoms. The minimum atomic E-state index is -0.212. The molecule has 0 atom stereocenters. The summed E-state index contributed by atoms with van der Waals surface area (Å²) in [5.41, 5.74) is 0.820. The summed E-state index contributed by atoms with van der Waals surface area (Å²) >= 11 is 5.92. The van der Waals surface area contributed by atoms with Crippen molar-refractivity contribution < 1.29 is 9.53 Å². The highest BCUT2D eigenvalue weighted by Gasteiger charge is 2.06. The molecule has 0 radical (unpaired) electrons. The van der Waals surface area contributed by atoms with Gasteiger partial charge in [-0.15, -0.1) is 0 Å². The number of carbonyl (C=O) groups excluding carboxylic acids is 1. The van der Waals surface area contributed by atoms with Gasteiger partial charge in [-0.2, -0.15) is 0 Å². The van der Waals surface area contributed by atoms with E-state index < -0.39 is 0 Å². The molecule has 0 amide bonds. The van der Waals surface area contributed by atoms with Crippen LogP contribution in [0.3, 0.4) is 0 Å². The summed E-state index contributed by atoms with van der Waals surface area (Å²) in [7, 11) is 0. The van der Waals surface area contributed by atoms with E-state index in [-0.39, 0.29) is 12.4 Å². The molecular formula is C12H15ClO2. The first-order valence-electron chi connectivity index (χ1n) is 5.13. The van der Waals surface area contributed by atoms with Gasteiger partial charge in [-0.3, -0.25) is 4.79 Å². The zero-order chi connectivity index (χ0) is 11.1. The van der Waals surface area contributed by atoms with Crippen LogP contribution in [0.15, 0.2) is 24.3 Å². The Labute approximate surface area is 95.2 Å². The molecule has 0 aliphatic heterocycles. The highest BCUT2D eigenvalue weighted by molar-refractivity contribution is 6.31. The molecule has 0 aromatic heterocycles. The van der Waals surface area contributed by atoms with E-state index in [9.17, 15) is 4.79 Å². The normalized spacial score (nSPS) is 10.0. The van der Waals surface area contributed by atoms with Crippen LogP contribution in [-0.2, 0) is 16.0 Å². The highest BCUT2D eigenvalue weighted by atomic mass is 35.5. The van der Waals surface area contributed by atoms with Crippen LogP contribution in [0.2, 0.25) is 5.02 Å². The Morgan fingerprint density at radius 2 is 2.13 bits per heavy atom. The minimum absolute atomic E-state index is 0.212. The lowest BCUT2D eigenvalue weighted by molar-refractivity contribution is -0.142. The van der Waals surface area contributed by atoms with E-state index in [1.807, 2.05) is 18.2 Å². The van der Waals surface area contributed by atoms with Crippen LogP contribution in [-0.4, -0.2) is 12.6 Å². The van der Waals surface area contributed by atoms with Gasteiger partial charge in [0.1, 0.15) is 0 Å². The van der Waals surface area contributed by atoms with Crippen LogP contribution in [0.4, 0.5) is 0 Å². The second kappa shape index (κ2) is 6.46. The van der Waals surface area contributed by atoms with E-state index in [1.54, 1.807) is 6.07 Å². The third-order valence-corrected chi connectivity index (χ3v) is 2.42. The molecule has 0 N–H and O–H groups in total. The predicted octanol–water partition coefficient (Wildman–Crippen LogP) is 3.23. The van der Waals surface area contributed by atoms with Crippen LogP contribution in [0.25, 0.3) is 0 Å². The third-order valence-electron chi connectivity index (χ3n) is 2.05. The number of hydrogen-bond acceptors (Lipinski definition) is 2. The second-order valence-electron chi connectivity index (χ2n) is 3.34. The van der Waals surface area contributed by atoms with Crippen molar-refractivity contribution in [3.63, 3.8) is 0 Å². The van der Waals surface area contributed by atoms with Crippen molar-refractivity contribution in [1.82, 2.24) is 0 Å². The quantitative estimate of drug-likeness (QED) is 0.569. The fourth-order valence-corrected chi connectivity index (χ4v) is 1.38. The van der Waals surface area contributed by atoms with Gasteiger partial charge in [0, 0.05) is 5.02 Å². The van der Waals surface area contributed by atoms with Crippen LogP contribution in [0.1, 0.15) is 25.3 Å². The van der Waals surface area contributed by atoms with Crippen molar-refractivity contribution in [2.45, 2.75) is 26.2 Å². The van der Waals surface area contributed by atoms with Crippen molar-refractivity contribution in [3.05, 3.63) is 34.9 Å². The molecule has 3 heteroatoms. The zero-order valence-electron chi connectivity index (χ0n) is 8.83. The van der Waals surface area contributed by atoms with Gasteiger partial charge in [-0.05, 0) is 18.1 Å². The molecule has 0 saturated heterocycles. The smallest absolute Gasteiger partial charge is 0.310 e. The first-order valence-corrected chi connectivity index (χ1v) is 5.51. The van der Waals surface area contributed by atoms with E-state index >= 15 is 0 Å². The Bertz CT molecular complexity index is 323. The lowest BCUT2D eigenvalue weighted by Crippen LogP contribution is -2.09. The van der Waals surface area contributed by atoms with Crippen LogP contribution in [0, 0.1) is 0 Å².